The Bertz CT molecular complexity index is 951. The molecule has 0 bridgehead atoms. The van der Waals surface area contributed by atoms with E-state index in [9.17, 15) is 26.4 Å². The first kappa shape index (κ1) is 22.7. The second-order valence-corrected chi connectivity index (χ2v) is 8.81. The van der Waals surface area contributed by atoms with E-state index in [0.29, 0.717) is 5.69 Å². The lowest BCUT2D eigenvalue weighted by molar-refractivity contribution is -0.137. The number of nitrogens with one attached hydrogen (secondary N) is 1. The molecule has 0 spiro atoms. The summed E-state index contributed by atoms with van der Waals surface area (Å²) in [4.78, 5) is 12.1. The van der Waals surface area contributed by atoms with Gasteiger partial charge in [0.25, 0.3) is 0 Å². The maximum absolute atomic E-state index is 12.6. The Hall–Kier alpha value is -2.55. The van der Waals surface area contributed by atoms with Crippen LogP contribution in [-0.4, -0.2) is 27.1 Å². The second-order valence-electron chi connectivity index (χ2n) is 6.91. The molecule has 0 heterocycles. The van der Waals surface area contributed by atoms with Gasteiger partial charge in [0.05, 0.1) is 17.5 Å². The highest BCUT2D eigenvalue weighted by molar-refractivity contribution is 7.92. The van der Waals surface area contributed by atoms with Gasteiger partial charge in [0.2, 0.25) is 15.9 Å². The molecule has 0 atom stereocenters. The molecular weight excluding hydrogens is 405 g/mol. The van der Waals surface area contributed by atoms with Crippen LogP contribution < -0.4 is 9.62 Å². The van der Waals surface area contributed by atoms with Crippen LogP contribution >= 0.6 is 0 Å². The van der Waals surface area contributed by atoms with E-state index in [-0.39, 0.29) is 25.1 Å². The minimum Gasteiger partial charge on any atom is -0.326 e. The fourth-order valence-electron chi connectivity index (χ4n) is 2.93. The zero-order valence-corrected chi connectivity index (χ0v) is 17.2. The summed E-state index contributed by atoms with van der Waals surface area (Å²) in [7, 11) is -3.53. The highest BCUT2D eigenvalue weighted by Crippen LogP contribution is 2.29. The van der Waals surface area contributed by atoms with Crippen molar-refractivity contribution in [2.75, 3.05) is 22.4 Å². The lowest BCUT2D eigenvalue weighted by atomic mass is 10.1. The fraction of sp³-hybridized carbons (Fsp3) is 0.350. The highest BCUT2D eigenvalue weighted by atomic mass is 32.2. The van der Waals surface area contributed by atoms with Crippen molar-refractivity contribution < 1.29 is 26.4 Å². The van der Waals surface area contributed by atoms with Crippen LogP contribution in [-0.2, 0) is 21.0 Å². The van der Waals surface area contributed by atoms with Crippen molar-refractivity contribution >= 4 is 27.3 Å². The number of hydrogen-bond donors (Lipinski definition) is 1. The molecular formula is C20H23F3N2O3S. The summed E-state index contributed by atoms with van der Waals surface area (Å²) >= 11 is 0. The number of rotatable bonds is 7. The van der Waals surface area contributed by atoms with E-state index < -0.39 is 27.7 Å². The Morgan fingerprint density at radius 1 is 1.03 bits per heavy atom. The maximum Gasteiger partial charge on any atom is 0.416 e. The van der Waals surface area contributed by atoms with Crippen molar-refractivity contribution in [2.45, 2.75) is 32.9 Å². The Morgan fingerprint density at radius 3 is 2.07 bits per heavy atom. The molecule has 0 aliphatic carbocycles. The van der Waals surface area contributed by atoms with E-state index in [1.807, 2.05) is 19.9 Å². The van der Waals surface area contributed by atoms with E-state index in [1.165, 1.54) is 16.4 Å². The number of aryl methyl sites for hydroxylation is 2. The minimum atomic E-state index is -4.44. The first-order valence-electron chi connectivity index (χ1n) is 8.89. The van der Waals surface area contributed by atoms with Crippen molar-refractivity contribution in [3.05, 3.63) is 59.2 Å². The van der Waals surface area contributed by atoms with Gasteiger partial charge in [-0.3, -0.25) is 9.10 Å². The molecule has 9 heteroatoms. The third-order valence-corrected chi connectivity index (χ3v) is 5.35. The Balaban J connectivity index is 1.98. The molecule has 5 nitrogen and oxygen atoms in total. The second kappa shape index (κ2) is 8.86. The molecule has 2 aromatic carbocycles. The summed E-state index contributed by atoms with van der Waals surface area (Å²) in [5.74, 6) is -0.404. The largest absolute Gasteiger partial charge is 0.416 e. The van der Waals surface area contributed by atoms with Gasteiger partial charge in [-0.15, -0.1) is 0 Å². The zero-order valence-electron chi connectivity index (χ0n) is 16.4. The van der Waals surface area contributed by atoms with Crippen molar-refractivity contribution in [1.29, 1.82) is 0 Å². The summed E-state index contributed by atoms with van der Waals surface area (Å²) in [6, 6.07) is 9.59. The van der Waals surface area contributed by atoms with Crippen LogP contribution in [0.2, 0.25) is 0 Å². The number of alkyl halides is 3. The molecule has 0 saturated heterocycles. The first-order chi connectivity index (χ1) is 13.4. The Kier molecular flexibility index (Phi) is 6.94. The summed E-state index contributed by atoms with van der Waals surface area (Å²) in [6.07, 6.45) is -3.05. The van der Waals surface area contributed by atoms with Gasteiger partial charge in [0.1, 0.15) is 0 Å². The van der Waals surface area contributed by atoms with Gasteiger partial charge in [0, 0.05) is 18.7 Å². The summed E-state index contributed by atoms with van der Waals surface area (Å²) in [6.45, 7) is 3.85. The number of carbonyl (C=O) groups is 1. The van der Waals surface area contributed by atoms with Crippen LogP contribution in [0, 0.1) is 13.8 Å². The highest BCUT2D eigenvalue weighted by Gasteiger charge is 2.30. The van der Waals surface area contributed by atoms with E-state index >= 15 is 0 Å². The fourth-order valence-corrected chi connectivity index (χ4v) is 3.88. The van der Waals surface area contributed by atoms with Crippen LogP contribution in [0.15, 0.2) is 42.5 Å². The smallest absolute Gasteiger partial charge is 0.326 e. The first-order valence-corrected chi connectivity index (χ1v) is 10.7. The molecule has 0 aliphatic heterocycles. The SMILES string of the molecule is Cc1cc(C)cc(N(CCCC(=O)Nc2ccc(C(F)(F)F)cc2)S(C)(=O)=O)c1. The average molecular weight is 428 g/mol. The monoisotopic (exact) mass is 428 g/mol. The van der Waals surface area contributed by atoms with Crippen molar-refractivity contribution in [1.82, 2.24) is 0 Å². The van der Waals surface area contributed by atoms with Gasteiger partial charge in [-0.05, 0) is 67.8 Å². The molecule has 0 unspecified atom stereocenters. The molecule has 2 aromatic rings. The molecule has 0 fully saturated rings. The van der Waals surface area contributed by atoms with Crippen LogP contribution in [0.3, 0.4) is 0 Å². The third kappa shape index (κ3) is 6.77. The predicted molar refractivity (Wildman–Crippen MR) is 107 cm³/mol. The maximum atomic E-state index is 12.6. The topological polar surface area (TPSA) is 66.5 Å². The molecule has 1 amide bonds. The third-order valence-electron chi connectivity index (χ3n) is 4.16. The summed E-state index contributed by atoms with van der Waals surface area (Å²) < 4.78 is 63.3. The average Bonchev–Trinajstić information content (AvgIpc) is 2.56. The quantitative estimate of drug-likeness (QED) is 0.706. The van der Waals surface area contributed by atoms with E-state index in [1.54, 1.807) is 12.1 Å². The van der Waals surface area contributed by atoms with Crippen molar-refractivity contribution in [3.63, 3.8) is 0 Å². The number of carbonyl (C=O) groups excluding carboxylic acids is 1. The van der Waals surface area contributed by atoms with Gasteiger partial charge in [-0.1, -0.05) is 6.07 Å². The minimum absolute atomic E-state index is 0.0256. The molecule has 0 radical (unpaired) electrons. The molecule has 0 aromatic heterocycles. The van der Waals surface area contributed by atoms with Crippen LogP contribution in [0.5, 0.6) is 0 Å². The van der Waals surface area contributed by atoms with Gasteiger partial charge in [-0.25, -0.2) is 8.42 Å². The van der Waals surface area contributed by atoms with Crippen molar-refractivity contribution in [3.8, 4) is 0 Å². The van der Waals surface area contributed by atoms with Crippen LogP contribution in [0.25, 0.3) is 0 Å². The zero-order chi connectivity index (χ0) is 21.8. The molecule has 29 heavy (non-hydrogen) atoms. The van der Waals surface area contributed by atoms with Gasteiger partial charge in [0.15, 0.2) is 0 Å². The number of benzene rings is 2. The Labute approximate surface area is 168 Å². The predicted octanol–water partition coefficient (Wildman–Crippen LogP) is 4.51. The number of amides is 1. The number of nitrogens with zero attached hydrogens (tertiary/aromatic N) is 1. The number of sulfonamides is 1. The van der Waals surface area contributed by atoms with E-state index in [4.69, 9.17) is 0 Å². The molecule has 0 aliphatic rings. The number of hydrogen-bond acceptors (Lipinski definition) is 3. The van der Waals surface area contributed by atoms with Crippen molar-refractivity contribution in [2.24, 2.45) is 0 Å². The Morgan fingerprint density at radius 2 is 1.59 bits per heavy atom. The van der Waals surface area contributed by atoms with E-state index in [2.05, 4.69) is 5.32 Å². The summed E-state index contributed by atoms with van der Waals surface area (Å²) in [5, 5.41) is 2.52. The van der Waals surface area contributed by atoms with Gasteiger partial charge >= 0.3 is 6.18 Å². The number of anilines is 2. The standard InChI is InChI=1S/C20H23F3N2O3S/c1-14-11-15(2)13-18(12-14)25(29(3,27)28)10-4-5-19(26)24-17-8-6-16(7-9-17)20(21,22)23/h6-9,11-13H,4-5,10H2,1-3H3,(H,24,26). The number of halogens is 3. The molecule has 2 rings (SSSR count). The summed E-state index contributed by atoms with van der Waals surface area (Å²) in [5.41, 5.74) is 1.83. The van der Waals surface area contributed by atoms with Gasteiger partial charge in [-0.2, -0.15) is 13.2 Å². The van der Waals surface area contributed by atoms with Gasteiger partial charge < -0.3 is 5.32 Å². The lowest BCUT2D eigenvalue weighted by Crippen LogP contribution is -2.31. The molecule has 0 saturated carbocycles. The normalized spacial score (nSPS) is 11.9. The van der Waals surface area contributed by atoms with E-state index in [0.717, 1.165) is 29.5 Å². The van der Waals surface area contributed by atoms with Crippen LogP contribution in [0.4, 0.5) is 24.5 Å². The molecule has 158 valence electrons. The lowest BCUT2D eigenvalue weighted by Gasteiger charge is -2.23. The van der Waals surface area contributed by atoms with Crippen LogP contribution in [0.1, 0.15) is 29.5 Å². The molecule has 1 N–H and O–H groups in total.